The second-order valence-corrected chi connectivity index (χ2v) is 6.97. The maximum absolute atomic E-state index is 11.0. The standard InChI is InChI=1S/C23H42O2/c1-3-4-5-6-7-8-9-10-11-12-13-14-15-16-17-18-19-20-21-22-23(24)25-2/h7-8,10-11H,3-6,9,12-22H2,1-2H3/b8-7+,11-10-. The maximum atomic E-state index is 11.0. The molecule has 0 aromatic rings. The number of hydrogen-bond acceptors (Lipinski definition) is 2. The van der Waals surface area contributed by atoms with Crippen molar-refractivity contribution < 1.29 is 9.53 Å². The van der Waals surface area contributed by atoms with E-state index in [9.17, 15) is 4.79 Å². The minimum Gasteiger partial charge on any atom is -0.469 e. The van der Waals surface area contributed by atoms with Crippen molar-refractivity contribution in [1.29, 1.82) is 0 Å². The van der Waals surface area contributed by atoms with Crippen molar-refractivity contribution in [2.75, 3.05) is 7.11 Å². The summed E-state index contributed by atoms with van der Waals surface area (Å²) in [6.45, 7) is 2.25. The molecule has 0 bridgehead atoms. The zero-order valence-electron chi connectivity index (χ0n) is 16.9. The summed E-state index contributed by atoms with van der Waals surface area (Å²) in [5.41, 5.74) is 0. The Labute approximate surface area is 157 Å². The number of esters is 1. The van der Waals surface area contributed by atoms with Crippen LogP contribution in [0.1, 0.15) is 110 Å². The molecular weight excluding hydrogens is 308 g/mol. The second-order valence-electron chi connectivity index (χ2n) is 6.97. The summed E-state index contributed by atoms with van der Waals surface area (Å²) in [6.07, 6.45) is 28.9. The van der Waals surface area contributed by atoms with Crippen molar-refractivity contribution in [3.05, 3.63) is 24.3 Å². The van der Waals surface area contributed by atoms with E-state index in [4.69, 9.17) is 0 Å². The van der Waals surface area contributed by atoms with E-state index in [-0.39, 0.29) is 5.97 Å². The molecule has 0 aliphatic rings. The van der Waals surface area contributed by atoms with Gasteiger partial charge in [0.25, 0.3) is 0 Å². The van der Waals surface area contributed by atoms with Crippen LogP contribution in [0.3, 0.4) is 0 Å². The SMILES string of the molecule is CCCCC/C=C/C/C=C\CCCCCCCCCCCC(=O)OC. The third-order valence-corrected chi connectivity index (χ3v) is 4.56. The molecule has 0 aromatic heterocycles. The average molecular weight is 351 g/mol. The Morgan fingerprint density at radius 1 is 0.680 bits per heavy atom. The molecule has 0 amide bonds. The Bertz CT molecular complexity index is 331. The van der Waals surface area contributed by atoms with Gasteiger partial charge in [-0.2, -0.15) is 0 Å². The molecule has 0 aromatic carbocycles. The highest BCUT2D eigenvalue weighted by molar-refractivity contribution is 5.68. The number of carbonyl (C=O) groups is 1. The van der Waals surface area contributed by atoms with Gasteiger partial charge in [0.05, 0.1) is 7.11 Å². The molecule has 2 heteroatoms. The first-order chi connectivity index (χ1) is 12.3. The van der Waals surface area contributed by atoms with Crippen LogP contribution in [0.5, 0.6) is 0 Å². The lowest BCUT2D eigenvalue weighted by Crippen LogP contribution is -1.99. The van der Waals surface area contributed by atoms with Gasteiger partial charge in [-0.1, -0.05) is 89.0 Å². The molecule has 0 rings (SSSR count). The van der Waals surface area contributed by atoms with Gasteiger partial charge in [0.15, 0.2) is 0 Å². The maximum Gasteiger partial charge on any atom is 0.305 e. The van der Waals surface area contributed by atoms with Gasteiger partial charge >= 0.3 is 5.97 Å². The van der Waals surface area contributed by atoms with Crippen molar-refractivity contribution >= 4 is 5.97 Å². The smallest absolute Gasteiger partial charge is 0.305 e. The normalized spacial score (nSPS) is 11.6. The lowest BCUT2D eigenvalue weighted by atomic mass is 10.1. The average Bonchev–Trinajstić information content (AvgIpc) is 2.63. The third kappa shape index (κ3) is 20.9. The Morgan fingerprint density at radius 3 is 1.68 bits per heavy atom. The molecule has 0 saturated carbocycles. The monoisotopic (exact) mass is 350 g/mol. The minimum atomic E-state index is -0.0722. The summed E-state index contributed by atoms with van der Waals surface area (Å²) in [4.78, 5) is 11.0. The Balaban J connectivity index is 3.15. The fourth-order valence-electron chi connectivity index (χ4n) is 2.89. The van der Waals surface area contributed by atoms with Gasteiger partial charge in [0.2, 0.25) is 0 Å². The van der Waals surface area contributed by atoms with E-state index >= 15 is 0 Å². The van der Waals surface area contributed by atoms with E-state index in [0.29, 0.717) is 6.42 Å². The first-order valence-corrected chi connectivity index (χ1v) is 10.7. The minimum absolute atomic E-state index is 0.0722. The molecule has 2 nitrogen and oxygen atoms in total. The zero-order valence-corrected chi connectivity index (χ0v) is 16.9. The predicted molar refractivity (Wildman–Crippen MR) is 110 cm³/mol. The number of carbonyl (C=O) groups excluding carboxylic acids is 1. The van der Waals surface area contributed by atoms with Gasteiger partial charge in [0, 0.05) is 6.42 Å². The molecule has 0 aliphatic heterocycles. The van der Waals surface area contributed by atoms with E-state index in [1.807, 2.05) is 0 Å². The Morgan fingerprint density at radius 2 is 1.16 bits per heavy atom. The van der Waals surface area contributed by atoms with Gasteiger partial charge in [0.1, 0.15) is 0 Å². The molecule has 0 saturated heterocycles. The molecule has 0 N–H and O–H groups in total. The fourth-order valence-corrected chi connectivity index (χ4v) is 2.89. The molecule has 0 unspecified atom stereocenters. The van der Waals surface area contributed by atoms with E-state index in [1.165, 1.54) is 84.2 Å². The number of unbranched alkanes of at least 4 members (excludes halogenated alkanes) is 12. The van der Waals surface area contributed by atoms with Gasteiger partial charge in [-0.15, -0.1) is 0 Å². The van der Waals surface area contributed by atoms with Crippen LogP contribution in [0.25, 0.3) is 0 Å². The highest BCUT2D eigenvalue weighted by Crippen LogP contribution is 2.11. The lowest BCUT2D eigenvalue weighted by molar-refractivity contribution is -0.140. The first kappa shape index (κ1) is 23.9. The topological polar surface area (TPSA) is 26.3 Å². The summed E-state index contributed by atoms with van der Waals surface area (Å²) >= 11 is 0. The van der Waals surface area contributed by atoms with Crippen molar-refractivity contribution in [2.45, 2.75) is 110 Å². The number of hydrogen-bond donors (Lipinski definition) is 0. The van der Waals surface area contributed by atoms with E-state index < -0.39 is 0 Å². The summed E-state index contributed by atoms with van der Waals surface area (Å²) in [5.74, 6) is -0.0722. The van der Waals surface area contributed by atoms with Crippen LogP contribution in [-0.2, 0) is 9.53 Å². The summed E-state index contributed by atoms with van der Waals surface area (Å²) < 4.78 is 4.64. The molecule has 25 heavy (non-hydrogen) atoms. The van der Waals surface area contributed by atoms with Gasteiger partial charge in [-0.3, -0.25) is 4.79 Å². The highest BCUT2D eigenvalue weighted by atomic mass is 16.5. The van der Waals surface area contributed by atoms with Crippen molar-refractivity contribution in [1.82, 2.24) is 0 Å². The molecule has 0 radical (unpaired) electrons. The van der Waals surface area contributed by atoms with Crippen molar-refractivity contribution in [3.8, 4) is 0 Å². The lowest BCUT2D eigenvalue weighted by Gasteiger charge is -2.02. The van der Waals surface area contributed by atoms with Crippen LogP contribution in [-0.4, -0.2) is 13.1 Å². The number of rotatable bonds is 18. The molecule has 0 heterocycles. The molecule has 0 fully saturated rings. The Kier molecular flexibility index (Phi) is 20.1. The number of allylic oxidation sites excluding steroid dienone is 4. The quantitative estimate of drug-likeness (QED) is 0.145. The van der Waals surface area contributed by atoms with Crippen molar-refractivity contribution in [3.63, 3.8) is 0 Å². The Hall–Kier alpha value is -1.05. The number of ether oxygens (including phenoxy) is 1. The molecule has 146 valence electrons. The summed E-state index contributed by atoms with van der Waals surface area (Å²) in [7, 11) is 1.46. The number of methoxy groups -OCH3 is 1. The van der Waals surface area contributed by atoms with E-state index in [0.717, 1.165) is 19.3 Å². The van der Waals surface area contributed by atoms with E-state index in [1.54, 1.807) is 0 Å². The van der Waals surface area contributed by atoms with E-state index in [2.05, 4.69) is 36.0 Å². The first-order valence-electron chi connectivity index (χ1n) is 10.7. The van der Waals surface area contributed by atoms with Crippen LogP contribution < -0.4 is 0 Å². The van der Waals surface area contributed by atoms with Crippen LogP contribution in [0.4, 0.5) is 0 Å². The molecule has 0 aliphatic carbocycles. The summed E-state index contributed by atoms with van der Waals surface area (Å²) in [6, 6.07) is 0. The molecular formula is C23H42O2. The van der Waals surface area contributed by atoms with Crippen LogP contribution in [0.2, 0.25) is 0 Å². The predicted octanol–water partition coefficient (Wildman–Crippen LogP) is 7.53. The van der Waals surface area contributed by atoms with Gasteiger partial charge < -0.3 is 4.74 Å². The van der Waals surface area contributed by atoms with Gasteiger partial charge in [-0.05, 0) is 38.5 Å². The van der Waals surface area contributed by atoms with Crippen molar-refractivity contribution in [2.24, 2.45) is 0 Å². The fraction of sp³-hybridized carbons (Fsp3) is 0.783. The summed E-state index contributed by atoms with van der Waals surface area (Å²) in [5, 5.41) is 0. The highest BCUT2D eigenvalue weighted by Gasteiger charge is 1.98. The second kappa shape index (κ2) is 21.0. The van der Waals surface area contributed by atoms with Gasteiger partial charge in [-0.25, -0.2) is 0 Å². The zero-order chi connectivity index (χ0) is 18.4. The van der Waals surface area contributed by atoms with Crippen LogP contribution in [0, 0.1) is 0 Å². The largest absolute Gasteiger partial charge is 0.469 e. The third-order valence-electron chi connectivity index (χ3n) is 4.56. The molecule has 0 spiro atoms. The molecule has 0 atom stereocenters. The van der Waals surface area contributed by atoms with Crippen LogP contribution in [0.15, 0.2) is 24.3 Å². The van der Waals surface area contributed by atoms with Crippen LogP contribution >= 0.6 is 0 Å².